The SMILES string of the molecule is O=C(CN1CCCC1)N1CCC2(CC1)CN(c1cccc(F)c1)C(=O)CO2. The Balaban J connectivity index is 1.38. The molecule has 1 aromatic carbocycles. The first kappa shape index (κ1) is 18.4. The van der Waals surface area contributed by atoms with E-state index < -0.39 is 5.60 Å². The lowest BCUT2D eigenvalue weighted by Crippen LogP contribution is -2.60. The summed E-state index contributed by atoms with van der Waals surface area (Å²) in [6, 6.07) is 6.11. The van der Waals surface area contributed by atoms with Gasteiger partial charge in [0.25, 0.3) is 5.91 Å². The zero-order chi connectivity index (χ0) is 18.9. The molecule has 0 radical (unpaired) electrons. The molecule has 27 heavy (non-hydrogen) atoms. The molecule has 0 atom stereocenters. The number of rotatable bonds is 3. The summed E-state index contributed by atoms with van der Waals surface area (Å²) >= 11 is 0. The molecule has 6 nitrogen and oxygen atoms in total. The first-order valence-corrected chi connectivity index (χ1v) is 9.75. The molecule has 4 rings (SSSR count). The second kappa shape index (κ2) is 7.56. The Labute approximate surface area is 158 Å². The second-order valence-corrected chi connectivity index (χ2v) is 7.80. The summed E-state index contributed by atoms with van der Waals surface area (Å²) in [7, 11) is 0. The van der Waals surface area contributed by atoms with E-state index in [2.05, 4.69) is 4.90 Å². The van der Waals surface area contributed by atoms with Gasteiger partial charge < -0.3 is 14.5 Å². The van der Waals surface area contributed by atoms with Crippen LogP contribution in [0.1, 0.15) is 25.7 Å². The quantitative estimate of drug-likeness (QED) is 0.806. The van der Waals surface area contributed by atoms with Gasteiger partial charge in [0.2, 0.25) is 5.91 Å². The van der Waals surface area contributed by atoms with Crippen molar-refractivity contribution in [3.05, 3.63) is 30.1 Å². The number of anilines is 1. The van der Waals surface area contributed by atoms with Crippen LogP contribution in [0.15, 0.2) is 24.3 Å². The van der Waals surface area contributed by atoms with Gasteiger partial charge in [0, 0.05) is 18.8 Å². The molecule has 0 aromatic heterocycles. The Morgan fingerprint density at radius 2 is 1.89 bits per heavy atom. The summed E-state index contributed by atoms with van der Waals surface area (Å²) < 4.78 is 19.5. The minimum absolute atomic E-state index is 0.00175. The third kappa shape index (κ3) is 3.99. The van der Waals surface area contributed by atoms with Gasteiger partial charge in [-0.05, 0) is 57.0 Å². The molecule has 0 aliphatic carbocycles. The fourth-order valence-corrected chi connectivity index (χ4v) is 4.29. The molecule has 3 fully saturated rings. The van der Waals surface area contributed by atoms with Gasteiger partial charge in [0.1, 0.15) is 12.4 Å². The van der Waals surface area contributed by atoms with Crippen molar-refractivity contribution in [3.63, 3.8) is 0 Å². The third-order valence-electron chi connectivity index (χ3n) is 5.95. The van der Waals surface area contributed by atoms with Crippen LogP contribution in [-0.2, 0) is 14.3 Å². The number of carbonyl (C=O) groups is 2. The van der Waals surface area contributed by atoms with E-state index in [1.54, 1.807) is 17.0 Å². The number of halogens is 1. The normalized spacial score (nSPS) is 23.2. The predicted octanol–water partition coefficient (Wildman–Crippen LogP) is 1.65. The largest absolute Gasteiger partial charge is 0.363 e. The molecule has 1 spiro atoms. The Morgan fingerprint density at radius 1 is 1.15 bits per heavy atom. The average molecular weight is 375 g/mol. The van der Waals surface area contributed by atoms with Gasteiger partial charge in [-0.3, -0.25) is 14.5 Å². The number of likely N-dealkylation sites (tertiary alicyclic amines) is 2. The van der Waals surface area contributed by atoms with Crippen LogP contribution in [0.4, 0.5) is 10.1 Å². The van der Waals surface area contributed by atoms with Gasteiger partial charge in [-0.1, -0.05) is 6.07 Å². The number of benzene rings is 1. The van der Waals surface area contributed by atoms with E-state index in [4.69, 9.17) is 4.74 Å². The summed E-state index contributed by atoms with van der Waals surface area (Å²) in [6.07, 6.45) is 3.73. The maximum Gasteiger partial charge on any atom is 0.253 e. The van der Waals surface area contributed by atoms with Crippen LogP contribution in [0.3, 0.4) is 0 Å². The molecule has 0 N–H and O–H groups in total. The number of ether oxygens (including phenoxy) is 1. The number of carbonyl (C=O) groups excluding carboxylic acids is 2. The molecule has 3 aliphatic rings. The number of amides is 2. The van der Waals surface area contributed by atoms with Crippen molar-refractivity contribution in [1.29, 1.82) is 0 Å². The summed E-state index contributed by atoms with van der Waals surface area (Å²) in [4.78, 5) is 30.6. The van der Waals surface area contributed by atoms with Crippen LogP contribution >= 0.6 is 0 Å². The van der Waals surface area contributed by atoms with Crippen molar-refractivity contribution in [2.45, 2.75) is 31.3 Å². The molecule has 2 amide bonds. The number of hydrogen-bond donors (Lipinski definition) is 0. The zero-order valence-electron chi connectivity index (χ0n) is 15.5. The predicted molar refractivity (Wildman–Crippen MR) is 98.9 cm³/mol. The molecule has 1 aromatic rings. The van der Waals surface area contributed by atoms with Crippen LogP contribution in [0.25, 0.3) is 0 Å². The first-order chi connectivity index (χ1) is 13.0. The second-order valence-electron chi connectivity index (χ2n) is 7.80. The van der Waals surface area contributed by atoms with E-state index in [1.165, 1.54) is 25.0 Å². The molecular weight excluding hydrogens is 349 g/mol. The highest BCUT2D eigenvalue weighted by Crippen LogP contribution is 2.33. The first-order valence-electron chi connectivity index (χ1n) is 9.75. The summed E-state index contributed by atoms with van der Waals surface area (Å²) in [6.45, 7) is 4.20. The maximum absolute atomic E-state index is 13.6. The number of piperidine rings is 1. The van der Waals surface area contributed by atoms with Crippen LogP contribution in [0.2, 0.25) is 0 Å². The minimum atomic E-state index is -0.454. The van der Waals surface area contributed by atoms with E-state index >= 15 is 0 Å². The van der Waals surface area contributed by atoms with E-state index in [1.807, 2.05) is 4.90 Å². The molecule has 3 heterocycles. The summed E-state index contributed by atoms with van der Waals surface area (Å²) in [5.41, 5.74) is 0.111. The Morgan fingerprint density at radius 3 is 2.59 bits per heavy atom. The Hall–Kier alpha value is -1.99. The zero-order valence-corrected chi connectivity index (χ0v) is 15.5. The highest BCUT2D eigenvalue weighted by molar-refractivity contribution is 5.95. The lowest BCUT2D eigenvalue weighted by Gasteiger charge is -2.47. The lowest BCUT2D eigenvalue weighted by atomic mass is 9.89. The number of hydrogen-bond acceptors (Lipinski definition) is 4. The van der Waals surface area contributed by atoms with Crippen LogP contribution in [-0.4, -0.2) is 73.1 Å². The van der Waals surface area contributed by atoms with Crippen LogP contribution < -0.4 is 4.90 Å². The van der Waals surface area contributed by atoms with Gasteiger partial charge in [-0.15, -0.1) is 0 Å². The van der Waals surface area contributed by atoms with E-state index in [0.29, 0.717) is 44.7 Å². The molecule has 0 unspecified atom stereocenters. The highest BCUT2D eigenvalue weighted by atomic mass is 19.1. The highest BCUT2D eigenvalue weighted by Gasteiger charge is 2.43. The average Bonchev–Trinajstić information content (AvgIpc) is 3.17. The Kier molecular flexibility index (Phi) is 5.14. The van der Waals surface area contributed by atoms with E-state index in [-0.39, 0.29) is 24.2 Å². The molecule has 0 bridgehead atoms. The Bertz CT molecular complexity index is 712. The van der Waals surface area contributed by atoms with E-state index in [9.17, 15) is 14.0 Å². The molecule has 0 saturated carbocycles. The van der Waals surface area contributed by atoms with Crippen molar-refractivity contribution in [2.24, 2.45) is 0 Å². The van der Waals surface area contributed by atoms with Crippen molar-refractivity contribution >= 4 is 17.5 Å². The minimum Gasteiger partial charge on any atom is -0.363 e. The van der Waals surface area contributed by atoms with Crippen molar-refractivity contribution in [3.8, 4) is 0 Å². The van der Waals surface area contributed by atoms with Gasteiger partial charge in [-0.25, -0.2) is 4.39 Å². The standard InChI is InChI=1S/C20H26FN3O3/c21-16-4-3-5-17(12-16)24-15-20(27-14-19(24)26)6-10-23(11-7-20)18(25)13-22-8-1-2-9-22/h3-5,12H,1-2,6-11,13-15H2. The number of nitrogens with zero attached hydrogens (tertiary/aromatic N) is 3. The van der Waals surface area contributed by atoms with E-state index in [0.717, 1.165) is 13.1 Å². The maximum atomic E-state index is 13.6. The third-order valence-corrected chi connectivity index (χ3v) is 5.95. The van der Waals surface area contributed by atoms with Crippen LogP contribution in [0.5, 0.6) is 0 Å². The fraction of sp³-hybridized carbons (Fsp3) is 0.600. The van der Waals surface area contributed by atoms with Crippen molar-refractivity contribution < 1.29 is 18.7 Å². The van der Waals surface area contributed by atoms with Gasteiger partial charge >= 0.3 is 0 Å². The summed E-state index contributed by atoms with van der Waals surface area (Å²) in [5.74, 6) is -0.331. The molecule has 3 aliphatic heterocycles. The van der Waals surface area contributed by atoms with Crippen LogP contribution in [0, 0.1) is 5.82 Å². The van der Waals surface area contributed by atoms with Gasteiger partial charge in [0.05, 0.1) is 18.7 Å². The topological polar surface area (TPSA) is 53.1 Å². The molecule has 146 valence electrons. The fourth-order valence-electron chi connectivity index (χ4n) is 4.29. The number of morpholine rings is 1. The molecular formula is C20H26FN3O3. The smallest absolute Gasteiger partial charge is 0.253 e. The van der Waals surface area contributed by atoms with Gasteiger partial charge in [0.15, 0.2) is 0 Å². The monoisotopic (exact) mass is 375 g/mol. The lowest BCUT2D eigenvalue weighted by molar-refractivity contribution is -0.150. The van der Waals surface area contributed by atoms with Crippen molar-refractivity contribution in [1.82, 2.24) is 9.80 Å². The molecule has 3 saturated heterocycles. The van der Waals surface area contributed by atoms with Gasteiger partial charge in [-0.2, -0.15) is 0 Å². The van der Waals surface area contributed by atoms with Crippen molar-refractivity contribution in [2.75, 3.05) is 50.8 Å². The molecule has 7 heteroatoms. The summed E-state index contributed by atoms with van der Waals surface area (Å²) in [5, 5.41) is 0.